The summed E-state index contributed by atoms with van der Waals surface area (Å²) in [6.07, 6.45) is 2.62. The number of nitrogens with one attached hydrogen (secondary N) is 1. The molecule has 0 unspecified atom stereocenters. The Bertz CT molecular complexity index is 348. The van der Waals surface area contributed by atoms with Crippen LogP contribution in [0.25, 0.3) is 0 Å². The summed E-state index contributed by atoms with van der Waals surface area (Å²) >= 11 is 0. The molecule has 0 aliphatic carbocycles. The molecule has 0 atom stereocenters. The van der Waals surface area contributed by atoms with Gasteiger partial charge >= 0.3 is 17.8 Å². The second kappa shape index (κ2) is 4.83. The number of rotatable bonds is 3. The molecule has 6 heteroatoms. The highest BCUT2D eigenvalue weighted by Crippen LogP contribution is 2.19. The summed E-state index contributed by atoms with van der Waals surface area (Å²) in [5, 5.41) is 2.04. The van der Waals surface area contributed by atoms with Gasteiger partial charge < -0.3 is 4.90 Å². The fourth-order valence-electron chi connectivity index (χ4n) is 2.46. The Hall–Kier alpha value is -1.43. The van der Waals surface area contributed by atoms with Crippen molar-refractivity contribution in [2.24, 2.45) is 0 Å². The highest BCUT2D eigenvalue weighted by atomic mass is 16.2. The standard InChI is InChI=1S/C11H17N3O3/c1-2-5-13-6-3-8(4-7-13)14-10(16)9(15)12-11(14)17/h8H,2-7H2,1H3,(H,12,15,17). The monoisotopic (exact) mass is 239 g/mol. The molecule has 0 aromatic heterocycles. The first-order valence-electron chi connectivity index (χ1n) is 6.04. The molecule has 1 N–H and O–H groups in total. The lowest BCUT2D eigenvalue weighted by atomic mass is 10.0. The van der Waals surface area contributed by atoms with Gasteiger partial charge in [-0.2, -0.15) is 0 Å². The van der Waals surface area contributed by atoms with Gasteiger partial charge in [-0.05, 0) is 25.8 Å². The van der Waals surface area contributed by atoms with Crippen LogP contribution in [0.4, 0.5) is 4.79 Å². The Morgan fingerprint density at radius 2 is 1.88 bits per heavy atom. The number of carbonyl (C=O) groups is 3. The van der Waals surface area contributed by atoms with E-state index in [1.165, 1.54) is 0 Å². The van der Waals surface area contributed by atoms with Crippen molar-refractivity contribution in [2.75, 3.05) is 19.6 Å². The Labute approximate surface area is 99.9 Å². The lowest BCUT2D eigenvalue weighted by Crippen LogP contribution is -2.47. The lowest BCUT2D eigenvalue weighted by molar-refractivity contribution is -0.141. The molecule has 6 nitrogen and oxygen atoms in total. The van der Waals surface area contributed by atoms with Crippen molar-refractivity contribution in [3.05, 3.63) is 0 Å². The number of urea groups is 1. The molecule has 94 valence electrons. The minimum Gasteiger partial charge on any atom is -0.303 e. The third-order valence-corrected chi connectivity index (χ3v) is 3.31. The van der Waals surface area contributed by atoms with Crippen LogP contribution in [0, 0.1) is 0 Å². The number of amides is 4. The number of carbonyl (C=O) groups excluding carboxylic acids is 3. The molecular formula is C11H17N3O3. The first-order chi connectivity index (χ1) is 8.13. The maximum Gasteiger partial charge on any atom is 0.331 e. The lowest BCUT2D eigenvalue weighted by Gasteiger charge is -2.34. The van der Waals surface area contributed by atoms with E-state index in [0.717, 1.165) is 43.8 Å². The number of imide groups is 2. The first-order valence-corrected chi connectivity index (χ1v) is 6.04. The fraction of sp³-hybridized carbons (Fsp3) is 0.727. The fourth-order valence-corrected chi connectivity index (χ4v) is 2.46. The molecule has 2 rings (SSSR count). The second-order valence-electron chi connectivity index (χ2n) is 4.51. The SMILES string of the molecule is CCCN1CCC(N2C(=O)NC(=O)C2=O)CC1. The largest absolute Gasteiger partial charge is 0.331 e. The van der Waals surface area contributed by atoms with Gasteiger partial charge in [-0.1, -0.05) is 6.92 Å². The summed E-state index contributed by atoms with van der Waals surface area (Å²) in [7, 11) is 0. The van der Waals surface area contributed by atoms with E-state index in [0.29, 0.717) is 0 Å². The predicted molar refractivity (Wildman–Crippen MR) is 60.1 cm³/mol. The molecule has 0 spiro atoms. The van der Waals surface area contributed by atoms with E-state index in [9.17, 15) is 14.4 Å². The first kappa shape index (κ1) is 12.0. The van der Waals surface area contributed by atoms with Crippen LogP contribution in [0.2, 0.25) is 0 Å². The van der Waals surface area contributed by atoms with Crippen LogP contribution in [-0.4, -0.2) is 53.3 Å². The molecule has 0 radical (unpaired) electrons. The van der Waals surface area contributed by atoms with E-state index in [-0.39, 0.29) is 6.04 Å². The zero-order valence-electron chi connectivity index (χ0n) is 9.94. The molecule has 2 aliphatic heterocycles. The van der Waals surface area contributed by atoms with E-state index in [1.807, 2.05) is 5.32 Å². The van der Waals surface area contributed by atoms with Gasteiger partial charge in [-0.15, -0.1) is 0 Å². The summed E-state index contributed by atoms with van der Waals surface area (Å²) in [6.45, 7) is 4.93. The van der Waals surface area contributed by atoms with E-state index >= 15 is 0 Å². The molecule has 2 fully saturated rings. The molecule has 0 aromatic carbocycles. The molecule has 17 heavy (non-hydrogen) atoms. The minimum atomic E-state index is -0.800. The molecule has 2 heterocycles. The number of likely N-dealkylation sites (tertiary alicyclic amines) is 1. The maximum atomic E-state index is 11.5. The van der Waals surface area contributed by atoms with Gasteiger partial charge in [0.2, 0.25) is 0 Å². The third kappa shape index (κ3) is 2.31. The predicted octanol–water partition coefficient (Wildman–Crippen LogP) is -0.0608. The molecule has 2 saturated heterocycles. The topological polar surface area (TPSA) is 69.7 Å². The maximum absolute atomic E-state index is 11.5. The van der Waals surface area contributed by atoms with E-state index in [4.69, 9.17) is 0 Å². The average Bonchev–Trinajstić information content (AvgIpc) is 2.55. The number of hydrogen-bond acceptors (Lipinski definition) is 4. The summed E-state index contributed by atoms with van der Waals surface area (Å²) < 4.78 is 0. The van der Waals surface area contributed by atoms with Gasteiger partial charge in [0.25, 0.3) is 0 Å². The zero-order valence-corrected chi connectivity index (χ0v) is 9.94. The van der Waals surface area contributed by atoms with Crippen LogP contribution in [0.3, 0.4) is 0 Å². The highest BCUT2D eigenvalue weighted by molar-refractivity contribution is 6.44. The van der Waals surface area contributed by atoms with Crippen molar-refractivity contribution in [1.29, 1.82) is 0 Å². The average molecular weight is 239 g/mol. The van der Waals surface area contributed by atoms with Crippen molar-refractivity contribution >= 4 is 17.8 Å². The smallest absolute Gasteiger partial charge is 0.303 e. The third-order valence-electron chi connectivity index (χ3n) is 3.31. The van der Waals surface area contributed by atoms with Crippen molar-refractivity contribution < 1.29 is 14.4 Å². The zero-order chi connectivity index (χ0) is 12.4. The van der Waals surface area contributed by atoms with Gasteiger partial charge in [0, 0.05) is 19.1 Å². The van der Waals surface area contributed by atoms with E-state index in [2.05, 4.69) is 11.8 Å². The van der Waals surface area contributed by atoms with Crippen LogP contribution in [0.5, 0.6) is 0 Å². The van der Waals surface area contributed by atoms with Gasteiger partial charge in [0.15, 0.2) is 0 Å². The Balaban J connectivity index is 1.95. The van der Waals surface area contributed by atoms with Crippen LogP contribution < -0.4 is 5.32 Å². The van der Waals surface area contributed by atoms with E-state index in [1.54, 1.807) is 0 Å². The van der Waals surface area contributed by atoms with Crippen LogP contribution in [0.1, 0.15) is 26.2 Å². The van der Waals surface area contributed by atoms with Crippen molar-refractivity contribution in [3.8, 4) is 0 Å². The highest BCUT2D eigenvalue weighted by Gasteiger charge is 2.42. The minimum absolute atomic E-state index is 0.123. The number of hydrogen-bond donors (Lipinski definition) is 1. The van der Waals surface area contributed by atoms with Gasteiger partial charge in [-0.25, -0.2) is 4.79 Å². The molecule has 0 aromatic rings. The normalized spacial score (nSPS) is 23.4. The van der Waals surface area contributed by atoms with Crippen molar-refractivity contribution in [2.45, 2.75) is 32.2 Å². The summed E-state index contributed by atoms with van der Waals surface area (Å²) in [4.78, 5) is 37.4. The summed E-state index contributed by atoms with van der Waals surface area (Å²) in [5.74, 6) is -1.50. The van der Waals surface area contributed by atoms with Crippen LogP contribution in [0.15, 0.2) is 0 Å². The summed E-state index contributed by atoms with van der Waals surface area (Å²) in [6, 6.07) is -0.684. The van der Waals surface area contributed by atoms with Crippen LogP contribution in [-0.2, 0) is 9.59 Å². The Morgan fingerprint density at radius 3 is 2.35 bits per heavy atom. The van der Waals surface area contributed by atoms with Gasteiger partial charge in [0.1, 0.15) is 0 Å². The van der Waals surface area contributed by atoms with E-state index < -0.39 is 17.8 Å². The quantitative estimate of drug-likeness (QED) is 0.553. The molecule has 0 saturated carbocycles. The molecular weight excluding hydrogens is 222 g/mol. The second-order valence-corrected chi connectivity index (χ2v) is 4.51. The molecule has 2 aliphatic rings. The Morgan fingerprint density at radius 1 is 1.24 bits per heavy atom. The van der Waals surface area contributed by atoms with Crippen molar-refractivity contribution in [3.63, 3.8) is 0 Å². The number of piperidine rings is 1. The number of nitrogens with zero attached hydrogens (tertiary/aromatic N) is 2. The molecule has 4 amide bonds. The van der Waals surface area contributed by atoms with Crippen LogP contribution >= 0.6 is 0 Å². The molecule has 0 bridgehead atoms. The summed E-state index contributed by atoms with van der Waals surface area (Å²) in [5.41, 5.74) is 0. The van der Waals surface area contributed by atoms with Gasteiger partial charge in [-0.3, -0.25) is 19.8 Å². The Kier molecular flexibility index (Phi) is 3.42. The van der Waals surface area contributed by atoms with Crippen molar-refractivity contribution in [1.82, 2.24) is 15.1 Å². The van der Waals surface area contributed by atoms with Gasteiger partial charge in [0.05, 0.1) is 0 Å².